The van der Waals surface area contributed by atoms with E-state index in [2.05, 4.69) is 35.0 Å². The first-order valence-electron chi connectivity index (χ1n) is 10.1. The van der Waals surface area contributed by atoms with Crippen LogP contribution in [0.4, 0.5) is 4.39 Å². The van der Waals surface area contributed by atoms with Gasteiger partial charge in [-0.2, -0.15) is 0 Å². The molecule has 170 valence electrons. The van der Waals surface area contributed by atoms with Gasteiger partial charge in [-0.05, 0) is 42.8 Å². The number of rotatable bonds is 3. The lowest BCUT2D eigenvalue weighted by atomic mass is 9.96. The van der Waals surface area contributed by atoms with Crippen molar-refractivity contribution < 1.29 is 24.2 Å². The molecule has 9 heteroatoms. The summed E-state index contributed by atoms with van der Waals surface area (Å²) in [7, 11) is 2.16. The number of benzene rings is 2. The largest absolute Gasteiger partial charge is 0.478 e. The van der Waals surface area contributed by atoms with E-state index < -0.39 is 11.9 Å². The first-order valence-corrected chi connectivity index (χ1v) is 11.2. The van der Waals surface area contributed by atoms with Crippen LogP contribution in [-0.2, 0) is 16.0 Å². The van der Waals surface area contributed by atoms with E-state index >= 15 is 0 Å². The number of fused-ring (bicyclic) bond motifs is 2. The maximum atomic E-state index is 14.1. The van der Waals surface area contributed by atoms with Gasteiger partial charge in [-0.15, -0.1) is 0 Å². The fourth-order valence-corrected chi connectivity index (χ4v) is 5.02. The molecule has 2 aromatic carbocycles. The van der Waals surface area contributed by atoms with E-state index in [0.29, 0.717) is 12.2 Å². The van der Waals surface area contributed by atoms with E-state index in [0.717, 1.165) is 43.1 Å². The second kappa shape index (κ2) is 11.0. The standard InChI is InChI=1S/C19H20ClFN2S.C4H4O4/c1-22-6-8-23(9-7-22)17-10-13-4-2-3-5-18(13)24-19-12-16(21)15(20)11-14(17)19;5-3(6)1-2-4(7)8/h2-5,11-12,17H,6-10H2,1H3;1-2H,(H,5,6)(H,7,8)/b;2-1-. The summed E-state index contributed by atoms with van der Waals surface area (Å²) in [6, 6.07) is 12.2. The van der Waals surface area contributed by atoms with Gasteiger partial charge in [0.1, 0.15) is 5.82 Å². The number of halogens is 2. The number of hydrogen-bond acceptors (Lipinski definition) is 5. The summed E-state index contributed by atoms with van der Waals surface area (Å²) < 4.78 is 14.1. The Labute approximate surface area is 195 Å². The van der Waals surface area contributed by atoms with Crippen LogP contribution in [0.2, 0.25) is 5.02 Å². The fraction of sp³-hybridized carbons (Fsp3) is 0.304. The second-order valence-corrected chi connectivity index (χ2v) is 9.07. The van der Waals surface area contributed by atoms with Crippen LogP contribution in [0.25, 0.3) is 0 Å². The van der Waals surface area contributed by atoms with Gasteiger partial charge in [-0.3, -0.25) is 4.90 Å². The van der Waals surface area contributed by atoms with Gasteiger partial charge in [-0.25, -0.2) is 14.0 Å². The predicted octanol–water partition coefficient (Wildman–Crippen LogP) is 4.19. The third-order valence-electron chi connectivity index (χ3n) is 5.36. The first-order chi connectivity index (χ1) is 15.2. The highest BCUT2D eigenvalue weighted by Crippen LogP contribution is 2.44. The SMILES string of the molecule is CN1CCN(C2Cc3ccccc3Sc3cc(F)c(Cl)cc32)CC1.O=C(O)/C=C\C(=O)O. The summed E-state index contributed by atoms with van der Waals surface area (Å²) in [4.78, 5) is 26.2. The first kappa shape index (κ1) is 24.3. The average molecular weight is 479 g/mol. The predicted molar refractivity (Wildman–Crippen MR) is 122 cm³/mol. The minimum atomic E-state index is -1.26. The van der Waals surface area contributed by atoms with E-state index in [1.807, 2.05) is 12.1 Å². The van der Waals surface area contributed by atoms with Crippen LogP contribution < -0.4 is 0 Å². The third kappa shape index (κ3) is 6.32. The maximum absolute atomic E-state index is 14.1. The molecule has 2 aromatic rings. The minimum Gasteiger partial charge on any atom is -0.478 e. The zero-order valence-corrected chi connectivity index (χ0v) is 19.1. The van der Waals surface area contributed by atoms with E-state index in [-0.39, 0.29) is 16.9 Å². The zero-order chi connectivity index (χ0) is 23.3. The highest BCUT2D eigenvalue weighted by Gasteiger charge is 2.30. The molecule has 0 radical (unpaired) electrons. The molecule has 4 rings (SSSR count). The van der Waals surface area contributed by atoms with Gasteiger partial charge in [0.15, 0.2) is 0 Å². The Morgan fingerprint density at radius 3 is 2.31 bits per heavy atom. The van der Waals surface area contributed by atoms with Crippen LogP contribution in [0.3, 0.4) is 0 Å². The van der Waals surface area contributed by atoms with Crippen molar-refractivity contribution in [2.24, 2.45) is 0 Å². The summed E-state index contributed by atoms with van der Waals surface area (Å²) in [5, 5.41) is 15.8. The van der Waals surface area contributed by atoms with Crippen LogP contribution in [0, 0.1) is 5.82 Å². The molecule has 1 fully saturated rings. The number of carboxylic acid groups (broad SMARTS) is 2. The van der Waals surface area contributed by atoms with Crippen LogP contribution in [-0.4, -0.2) is 65.2 Å². The molecule has 2 heterocycles. The summed E-state index contributed by atoms with van der Waals surface area (Å²) in [5.74, 6) is -2.85. The summed E-state index contributed by atoms with van der Waals surface area (Å²) in [5.41, 5.74) is 2.49. The Kier molecular flexibility index (Phi) is 8.31. The Morgan fingerprint density at radius 2 is 1.69 bits per heavy atom. The Morgan fingerprint density at radius 1 is 1.06 bits per heavy atom. The molecular formula is C23H24ClFN2O4S. The molecule has 2 aliphatic rings. The molecule has 0 saturated carbocycles. The highest BCUT2D eigenvalue weighted by atomic mass is 35.5. The average Bonchev–Trinajstić information content (AvgIpc) is 2.90. The lowest BCUT2D eigenvalue weighted by Gasteiger charge is -2.38. The molecule has 2 N–H and O–H groups in total. The van der Waals surface area contributed by atoms with E-state index in [4.69, 9.17) is 21.8 Å². The van der Waals surface area contributed by atoms with Crippen molar-refractivity contribution in [2.45, 2.75) is 22.3 Å². The minimum absolute atomic E-state index is 0.222. The Bertz CT molecular complexity index is 1010. The molecule has 6 nitrogen and oxygen atoms in total. The van der Waals surface area contributed by atoms with Crippen molar-refractivity contribution in [3.63, 3.8) is 0 Å². The van der Waals surface area contributed by atoms with Crippen molar-refractivity contribution >= 4 is 35.3 Å². The van der Waals surface area contributed by atoms with Crippen molar-refractivity contribution in [3.05, 3.63) is 70.5 Å². The van der Waals surface area contributed by atoms with E-state index in [9.17, 15) is 14.0 Å². The molecule has 0 bridgehead atoms. The molecule has 2 aliphatic heterocycles. The van der Waals surface area contributed by atoms with Crippen LogP contribution in [0.1, 0.15) is 17.2 Å². The van der Waals surface area contributed by atoms with Crippen LogP contribution >= 0.6 is 23.4 Å². The van der Waals surface area contributed by atoms with Crippen molar-refractivity contribution in [3.8, 4) is 0 Å². The molecule has 1 atom stereocenters. The summed E-state index contributed by atoms with van der Waals surface area (Å²) in [6.07, 6.45) is 2.06. The molecule has 32 heavy (non-hydrogen) atoms. The molecule has 1 unspecified atom stereocenters. The fourth-order valence-electron chi connectivity index (χ4n) is 3.70. The van der Waals surface area contributed by atoms with Gasteiger partial charge < -0.3 is 15.1 Å². The maximum Gasteiger partial charge on any atom is 0.328 e. The molecular weight excluding hydrogens is 455 g/mol. The number of nitrogens with zero attached hydrogens (tertiary/aromatic N) is 2. The number of aliphatic carboxylic acids is 2. The van der Waals surface area contributed by atoms with E-state index in [1.165, 1.54) is 10.5 Å². The normalized spacial score (nSPS) is 18.8. The summed E-state index contributed by atoms with van der Waals surface area (Å²) >= 11 is 7.79. The molecule has 0 amide bonds. The van der Waals surface area contributed by atoms with Crippen molar-refractivity contribution in [1.29, 1.82) is 0 Å². The van der Waals surface area contributed by atoms with Crippen LogP contribution in [0.15, 0.2) is 58.3 Å². The molecule has 1 saturated heterocycles. The van der Waals surface area contributed by atoms with Gasteiger partial charge in [-0.1, -0.05) is 41.6 Å². The Balaban J connectivity index is 0.000000312. The second-order valence-electron chi connectivity index (χ2n) is 7.58. The van der Waals surface area contributed by atoms with Gasteiger partial charge in [0, 0.05) is 54.2 Å². The summed E-state index contributed by atoms with van der Waals surface area (Å²) in [6.45, 7) is 4.19. The molecule has 0 spiro atoms. The molecule has 0 aromatic heterocycles. The Hall–Kier alpha value is -2.39. The van der Waals surface area contributed by atoms with Gasteiger partial charge in [0.25, 0.3) is 0 Å². The van der Waals surface area contributed by atoms with Crippen LogP contribution in [0.5, 0.6) is 0 Å². The van der Waals surface area contributed by atoms with Gasteiger partial charge in [0.05, 0.1) is 5.02 Å². The monoisotopic (exact) mass is 478 g/mol. The van der Waals surface area contributed by atoms with Crippen molar-refractivity contribution in [1.82, 2.24) is 9.80 Å². The molecule has 0 aliphatic carbocycles. The third-order valence-corrected chi connectivity index (χ3v) is 6.85. The van der Waals surface area contributed by atoms with Crippen molar-refractivity contribution in [2.75, 3.05) is 33.2 Å². The van der Waals surface area contributed by atoms with E-state index in [1.54, 1.807) is 17.8 Å². The lowest BCUT2D eigenvalue weighted by molar-refractivity contribution is -0.134. The number of carboxylic acids is 2. The topological polar surface area (TPSA) is 81.1 Å². The zero-order valence-electron chi connectivity index (χ0n) is 17.5. The smallest absolute Gasteiger partial charge is 0.328 e. The number of hydrogen-bond donors (Lipinski definition) is 2. The van der Waals surface area contributed by atoms with Gasteiger partial charge in [0.2, 0.25) is 0 Å². The lowest BCUT2D eigenvalue weighted by Crippen LogP contribution is -2.46. The highest BCUT2D eigenvalue weighted by molar-refractivity contribution is 7.99. The number of piperazine rings is 1. The number of likely N-dealkylation sites (N-methyl/N-ethyl adjacent to an activating group) is 1. The number of carbonyl (C=O) groups is 2. The quantitative estimate of drug-likeness (QED) is 0.640. The van der Waals surface area contributed by atoms with Gasteiger partial charge >= 0.3 is 11.9 Å².